The van der Waals surface area contributed by atoms with E-state index in [0.717, 1.165) is 25.7 Å². The maximum absolute atomic E-state index is 11.3. The van der Waals surface area contributed by atoms with Crippen molar-refractivity contribution in [2.75, 3.05) is 0 Å². The number of carbonyl (C=O) groups excluding carboxylic acids is 1. The van der Waals surface area contributed by atoms with Crippen LogP contribution in [0.1, 0.15) is 25.7 Å². The van der Waals surface area contributed by atoms with Gasteiger partial charge in [-0.3, -0.25) is 10.1 Å². The van der Waals surface area contributed by atoms with Crippen molar-refractivity contribution in [2.24, 2.45) is 5.92 Å². The molecule has 1 saturated carbocycles. The van der Waals surface area contributed by atoms with Crippen molar-refractivity contribution in [3.05, 3.63) is 20.8 Å². The SMILES string of the molecule is O=C1OC2CCCCC2C(Cl)=C1[N+](=O)[O-]. The van der Waals surface area contributed by atoms with Crippen LogP contribution in [0.2, 0.25) is 0 Å². The van der Waals surface area contributed by atoms with Crippen molar-refractivity contribution in [1.82, 2.24) is 0 Å². The Hall–Kier alpha value is -1.10. The molecule has 0 aromatic carbocycles. The van der Waals surface area contributed by atoms with E-state index in [9.17, 15) is 14.9 Å². The summed E-state index contributed by atoms with van der Waals surface area (Å²) in [6.07, 6.45) is 3.19. The van der Waals surface area contributed by atoms with Gasteiger partial charge in [0.05, 0.1) is 4.92 Å². The Morgan fingerprint density at radius 3 is 2.73 bits per heavy atom. The topological polar surface area (TPSA) is 69.4 Å². The van der Waals surface area contributed by atoms with Gasteiger partial charge in [0.2, 0.25) is 0 Å². The maximum Gasteiger partial charge on any atom is 0.411 e. The molecular weight excluding hydrogens is 222 g/mol. The molecule has 0 N–H and O–H groups in total. The molecule has 2 rings (SSSR count). The van der Waals surface area contributed by atoms with Crippen molar-refractivity contribution in [1.29, 1.82) is 0 Å². The Kier molecular flexibility index (Phi) is 2.65. The highest BCUT2D eigenvalue weighted by molar-refractivity contribution is 6.32. The van der Waals surface area contributed by atoms with Crippen molar-refractivity contribution in [3.63, 3.8) is 0 Å². The van der Waals surface area contributed by atoms with Gasteiger partial charge in [0.1, 0.15) is 11.1 Å². The minimum atomic E-state index is -0.895. The Morgan fingerprint density at radius 1 is 1.40 bits per heavy atom. The first-order valence-electron chi connectivity index (χ1n) is 4.86. The average Bonchev–Trinajstić information content (AvgIpc) is 2.17. The molecule has 1 heterocycles. The monoisotopic (exact) mass is 231 g/mol. The van der Waals surface area contributed by atoms with Crippen LogP contribution in [0.4, 0.5) is 0 Å². The number of halogens is 1. The summed E-state index contributed by atoms with van der Waals surface area (Å²) in [4.78, 5) is 21.2. The molecule has 2 atom stereocenters. The van der Waals surface area contributed by atoms with Crippen LogP contribution in [0.3, 0.4) is 0 Å². The molecule has 5 nitrogen and oxygen atoms in total. The van der Waals surface area contributed by atoms with E-state index >= 15 is 0 Å². The van der Waals surface area contributed by atoms with Crippen LogP contribution >= 0.6 is 11.6 Å². The summed E-state index contributed by atoms with van der Waals surface area (Å²) < 4.78 is 5.01. The second-order valence-electron chi connectivity index (χ2n) is 3.79. The lowest BCUT2D eigenvalue weighted by atomic mass is 9.84. The molecule has 0 spiro atoms. The number of hydrogen-bond acceptors (Lipinski definition) is 4. The number of fused-ring (bicyclic) bond motifs is 1. The molecule has 0 radical (unpaired) electrons. The number of nitrogens with zero attached hydrogens (tertiary/aromatic N) is 1. The lowest BCUT2D eigenvalue weighted by Gasteiger charge is -2.32. The zero-order valence-corrected chi connectivity index (χ0v) is 8.70. The highest BCUT2D eigenvalue weighted by atomic mass is 35.5. The van der Waals surface area contributed by atoms with E-state index < -0.39 is 16.6 Å². The molecule has 1 aliphatic heterocycles. The Bertz CT molecular complexity index is 352. The molecule has 6 heteroatoms. The molecule has 0 aromatic heterocycles. The summed E-state index contributed by atoms with van der Waals surface area (Å²) in [6.45, 7) is 0. The first-order chi connectivity index (χ1) is 7.11. The molecule has 2 aliphatic rings. The molecule has 0 bridgehead atoms. The van der Waals surface area contributed by atoms with E-state index in [2.05, 4.69) is 0 Å². The summed E-state index contributed by atoms with van der Waals surface area (Å²) in [5, 5.41) is 10.7. The Labute approximate surface area is 91.2 Å². The first-order valence-corrected chi connectivity index (χ1v) is 5.24. The van der Waals surface area contributed by atoms with Crippen molar-refractivity contribution in [2.45, 2.75) is 31.8 Å². The lowest BCUT2D eigenvalue weighted by molar-refractivity contribution is -0.424. The van der Waals surface area contributed by atoms with Crippen molar-refractivity contribution < 1.29 is 14.5 Å². The molecule has 82 valence electrons. The van der Waals surface area contributed by atoms with Crippen LogP contribution in [0.5, 0.6) is 0 Å². The van der Waals surface area contributed by atoms with Gasteiger partial charge in [0, 0.05) is 5.92 Å². The second-order valence-corrected chi connectivity index (χ2v) is 4.20. The van der Waals surface area contributed by atoms with E-state index in [1.165, 1.54) is 0 Å². The highest BCUT2D eigenvalue weighted by Gasteiger charge is 2.44. The van der Waals surface area contributed by atoms with Gasteiger partial charge in [-0.1, -0.05) is 18.0 Å². The number of ether oxygens (including phenoxy) is 1. The number of hydrogen-bond donors (Lipinski definition) is 0. The molecule has 15 heavy (non-hydrogen) atoms. The maximum atomic E-state index is 11.3. The second kappa shape index (κ2) is 3.81. The minimum absolute atomic E-state index is 0.0703. The highest BCUT2D eigenvalue weighted by Crippen LogP contribution is 2.39. The standard InChI is InChI=1S/C9H10ClNO4/c10-7-5-3-1-2-4-6(5)15-9(12)8(7)11(13)14/h5-6H,1-4H2. The van der Waals surface area contributed by atoms with Crippen molar-refractivity contribution in [3.8, 4) is 0 Å². The fourth-order valence-corrected chi connectivity index (χ4v) is 2.55. The molecule has 1 aliphatic carbocycles. The summed E-state index contributed by atoms with van der Waals surface area (Å²) in [6, 6.07) is 0. The van der Waals surface area contributed by atoms with Gasteiger partial charge in [-0.05, 0) is 19.3 Å². The number of esters is 1. The lowest BCUT2D eigenvalue weighted by Crippen LogP contribution is -2.37. The van der Waals surface area contributed by atoms with Crippen LogP contribution in [0.25, 0.3) is 0 Å². The normalized spacial score (nSPS) is 30.9. The number of carbonyl (C=O) groups is 1. The molecule has 0 saturated heterocycles. The van der Waals surface area contributed by atoms with Gasteiger partial charge < -0.3 is 4.74 Å². The van der Waals surface area contributed by atoms with Crippen LogP contribution in [-0.4, -0.2) is 17.0 Å². The third-order valence-corrected chi connectivity index (χ3v) is 3.35. The quantitative estimate of drug-likeness (QED) is 0.392. The zero-order chi connectivity index (χ0) is 11.0. The smallest absolute Gasteiger partial charge is 0.411 e. The van der Waals surface area contributed by atoms with E-state index in [0.29, 0.717) is 0 Å². The largest absolute Gasteiger partial charge is 0.454 e. The summed E-state index contributed by atoms with van der Waals surface area (Å²) in [5.74, 6) is -1.06. The Morgan fingerprint density at radius 2 is 2.07 bits per heavy atom. The van der Waals surface area contributed by atoms with Gasteiger partial charge in [0.25, 0.3) is 0 Å². The fourth-order valence-electron chi connectivity index (χ4n) is 2.16. The molecular formula is C9H10ClNO4. The summed E-state index contributed by atoms with van der Waals surface area (Å²) >= 11 is 5.88. The van der Waals surface area contributed by atoms with Gasteiger partial charge in [-0.25, -0.2) is 4.79 Å². The van der Waals surface area contributed by atoms with Crippen LogP contribution in [-0.2, 0) is 9.53 Å². The molecule has 0 amide bonds. The number of nitro groups is 1. The van der Waals surface area contributed by atoms with Gasteiger partial charge >= 0.3 is 11.7 Å². The predicted octanol–water partition coefficient (Wildman–Crippen LogP) is 1.83. The van der Waals surface area contributed by atoms with E-state index in [-0.39, 0.29) is 17.1 Å². The number of rotatable bonds is 1. The minimum Gasteiger partial charge on any atom is -0.454 e. The van der Waals surface area contributed by atoms with Gasteiger partial charge in [-0.2, -0.15) is 0 Å². The molecule has 0 aromatic rings. The van der Waals surface area contributed by atoms with Crippen molar-refractivity contribution >= 4 is 17.6 Å². The van der Waals surface area contributed by atoms with Gasteiger partial charge in [0.15, 0.2) is 0 Å². The van der Waals surface area contributed by atoms with Crippen LogP contribution in [0.15, 0.2) is 10.7 Å². The fraction of sp³-hybridized carbons (Fsp3) is 0.667. The summed E-state index contributed by atoms with van der Waals surface area (Å²) in [5.41, 5.74) is -0.584. The van der Waals surface area contributed by atoms with E-state index in [1.54, 1.807) is 0 Å². The first kappa shape index (κ1) is 10.4. The third kappa shape index (κ3) is 1.71. The zero-order valence-electron chi connectivity index (χ0n) is 7.94. The molecule has 2 unspecified atom stereocenters. The summed E-state index contributed by atoms with van der Waals surface area (Å²) in [7, 11) is 0. The molecule has 1 fully saturated rings. The Balaban J connectivity index is 2.36. The average molecular weight is 232 g/mol. The van der Waals surface area contributed by atoms with E-state index in [4.69, 9.17) is 16.3 Å². The van der Waals surface area contributed by atoms with Crippen LogP contribution in [0, 0.1) is 16.0 Å². The van der Waals surface area contributed by atoms with Gasteiger partial charge in [-0.15, -0.1) is 0 Å². The third-order valence-electron chi connectivity index (χ3n) is 2.89. The van der Waals surface area contributed by atoms with E-state index in [1.807, 2.05) is 0 Å². The van der Waals surface area contributed by atoms with Crippen LogP contribution < -0.4 is 0 Å². The predicted molar refractivity (Wildman–Crippen MR) is 51.7 cm³/mol.